The first kappa shape index (κ1) is 9.39. The van der Waals surface area contributed by atoms with Crippen LogP contribution in [0.1, 0.15) is 23.2 Å². The second-order valence-corrected chi connectivity index (χ2v) is 2.46. The summed E-state index contributed by atoms with van der Waals surface area (Å²) in [6.45, 7) is 1.51. The molecule has 0 bridgehead atoms. The maximum atomic E-state index is 12.1. The number of nitriles is 1. The van der Waals surface area contributed by atoms with E-state index < -0.39 is 17.9 Å². The van der Waals surface area contributed by atoms with Crippen LogP contribution in [0.5, 0.6) is 5.75 Å². The number of nitrogens with zero attached hydrogens (tertiary/aromatic N) is 2. The van der Waals surface area contributed by atoms with Crippen molar-refractivity contribution in [3.8, 4) is 11.8 Å². The van der Waals surface area contributed by atoms with Crippen molar-refractivity contribution in [1.82, 2.24) is 4.98 Å². The van der Waals surface area contributed by atoms with Gasteiger partial charge in [0, 0.05) is 6.20 Å². The molecule has 3 nitrogen and oxygen atoms in total. The van der Waals surface area contributed by atoms with Crippen molar-refractivity contribution in [2.45, 2.75) is 13.3 Å². The van der Waals surface area contributed by atoms with Gasteiger partial charge in [-0.25, -0.2) is 8.78 Å². The highest BCUT2D eigenvalue weighted by Gasteiger charge is 2.18. The van der Waals surface area contributed by atoms with Gasteiger partial charge in [0.1, 0.15) is 17.3 Å². The summed E-state index contributed by atoms with van der Waals surface area (Å²) < 4.78 is 24.3. The van der Waals surface area contributed by atoms with Crippen molar-refractivity contribution >= 4 is 0 Å². The lowest BCUT2D eigenvalue weighted by molar-refractivity contribution is 0.141. The number of hydrogen-bond donors (Lipinski definition) is 1. The van der Waals surface area contributed by atoms with Crippen LogP contribution < -0.4 is 0 Å². The van der Waals surface area contributed by atoms with E-state index in [-0.39, 0.29) is 5.56 Å². The Kier molecular flexibility index (Phi) is 2.42. The van der Waals surface area contributed by atoms with Gasteiger partial charge in [0.15, 0.2) is 5.75 Å². The Hall–Kier alpha value is -1.70. The van der Waals surface area contributed by atoms with Crippen LogP contribution in [0.15, 0.2) is 6.20 Å². The number of hydrogen-bond acceptors (Lipinski definition) is 3. The third-order valence-corrected chi connectivity index (χ3v) is 1.59. The first-order valence-electron chi connectivity index (χ1n) is 3.44. The molecule has 5 heteroatoms. The van der Waals surface area contributed by atoms with E-state index in [1.54, 1.807) is 6.07 Å². The highest BCUT2D eigenvalue weighted by atomic mass is 19.3. The van der Waals surface area contributed by atoms with E-state index in [1.165, 1.54) is 6.92 Å². The molecule has 1 aromatic rings. The van der Waals surface area contributed by atoms with Gasteiger partial charge < -0.3 is 5.11 Å². The Balaban J connectivity index is 3.38. The molecule has 1 N–H and O–H groups in total. The number of aromatic nitrogens is 1. The number of aromatic hydroxyl groups is 1. The van der Waals surface area contributed by atoms with Crippen LogP contribution >= 0.6 is 0 Å². The molecule has 1 rings (SSSR count). The number of pyridine rings is 1. The zero-order chi connectivity index (χ0) is 10.0. The first-order valence-corrected chi connectivity index (χ1v) is 3.44. The van der Waals surface area contributed by atoms with E-state index in [2.05, 4.69) is 4.98 Å². The van der Waals surface area contributed by atoms with Crippen molar-refractivity contribution in [2.75, 3.05) is 0 Å². The minimum Gasteiger partial charge on any atom is -0.505 e. The van der Waals surface area contributed by atoms with Crippen molar-refractivity contribution in [2.24, 2.45) is 0 Å². The second-order valence-electron chi connectivity index (χ2n) is 2.46. The minimum absolute atomic E-state index is 0.148. The van der Waals surface area contributed by atoms with Crippen molar-refractivity contribution in [1.29, 1.82) is 5.26 Å². The maximum absolute atomic E-state index is 12.1. The Bertz CT molecular complexity index is 371. The summed E-state index contributed by atoms with van der Waals surface area (Å²) in [5.74, 6) is -0.725. The summed E-state index contributed by atoms with van der Waals surface area (Å²) in [6, 6.07) is 1.64. The number of aryl methyl sites for hydroxylation is 1. The highest BCUT2D eigenvalue weighted by Crippen LogP contribution is 2.29. The van der Waals surface area contributed by atoms with Gasteiger partial charge in [-0.15, -0.1) is 0 Å². The Labute approximate surface area is 73.3 Å². The van der Waals surface area contributed by atoms with Crippen LogP contribution in [0, 0.1) is 18.3 Å². The molecule has 1 heterocycles. The lowest BCUT2D eigenvalue weighted by atomic mass is 10.1. The lowest BCUT2D eigenvalue weighted by Crippen LogP contribution is -1.95. The summed E-state index contributed by atoms with van der Waals surface area (Å²) in [5, 5.41) is 17.7. The fraction of sp³-hybridized carbons (Fsp3) is 0.250. The number of alkyl halides is 2. The van der Waals surface area contributed by atoms with Crippen molar-refractivity contribution < 1.29 is 13.9 Å². The zero-order valence-electron chi connectivity index (χ0n) is 6.75. The summed E-state index contributed by atoms with van der Waals surface area (Å²) in [6.07, 6.45) is -1.73. The van der Waals surface area contributed by atoms with Gasteiger partial charge in [0.25, 0.3) is 6.43 Å². The van der Waals surface area contributed by atoms with Gasteiger partial charge in [-0.1, -0.05) is 0 Å². The topological polar surface area (TPSA) is 56.9 Å². The second kappa shape index (κ2) is 3.35. The summed E-state index contributed by atoms with van der Waals surface area (Å²) in [7, 11) is 0. The average molecular weight is 184 g/mol. The summed E-state index contributed by atoms with van der Waals surface area (Å²) in [5.41, 5.74) is -0.517. The molecule has 0 unspecified atom stereocenters. The van der Waals surface area contributed by atoms with E-state index in [0.29, 0.717) is 5.56 Å². The normalized spacial score (nSPS) is 10.1. The molecule has 68 valence electrons. The maximum Gasteiger partial charge on any atom is 0.284 e. The molecule has 0 aliphatic rings. The standard InChI is InChI=1S/C8H6F2N2O/c1-4-3-12-6(8(9)10)7(13)5(4)2-11/h3,8,13H,1H3. The third-order valence-electron chi connectivity index (χ3n) is 1.59. The number of halogens is 2. The van der Waals surface area contributed by atoms with Crippen LogP contribution in [-0.2, 0) is 0 Å². The predicted octanol–water partition coefficient (Wildman–Crippen LogP) is 1.90. The monoisotopic (exact) mass is 184 g/mol. The molecule has 0 aliphatic carbocycles. The zero-order valence-corrected chi connectivity index (χ0v) is 6.75. The van der Waals surface area contributed by atoms with Crippen molar-refractivity contribution in [3.63, 3.8) is 0 Å². The molecule has 0 saturated carbocycles. The van der Waals surface area contributed by atoms with Gasteiger partial charge in [-0.3, -0.25) is 4.98 Å². The fourth-order valence-electron chi connectivity index (χ4n) is 0.908. The quantitative estimate of drug-likeness (QED) is 0.725. The predicted molar refractivity (Wildman–Crippen MR) is 40.3 cm³/mol. The molecule has 0 amide bonds. The first-order chi connectivity index (χ1) is 6.07. The van der Waals surface area contributed by atoms with Crippen LogP contribution in [0.2, 0.25) is 0 Å². The molecular weight excluding hydrogens is 178 g/mol. The van der Waals surface area contributed by atoms with Gasteiger partial charge in [-0.05, 0) is 12.5 Å². The van der Waals surface area contributed by atoms with Crippen LogP contribution in [0.4, 0.5) is 8.78 Å². The lowest BCUT2D eigenvalue weighted by Gasteiger charge is -2.05. The van der Waals surface area contributed by atoms with E-state index in [1.807, 2.05) is 0 Å². The molecule has 13 heavy (non-hydrogen) atoms. The SMILES string of the molecule is Cc1cnc(C(F)F)c(O)c1C#N. The summed E-state index contributed by atoms with van der Waals surface area (Å²) >= 11 is 0. The Morgan fingerprint density at radius 3 is 2.69 bits per heavy atom. The minimum atomic E-state index is -2.87. The van der Waals surface area contributed by atoms with Gasteiger partial charge >= 0.3 is 0 Å². The molecule has 0 atom stereocenters. The molecular formula is C8H6F2N2O. The Morgan fingerprint density at radius 1 is 1.62 bits per heavy atom. The van der Waals surface area contributed by atoms with Gasteiger partial charge in [0.05, 0.1) is 0 Å². The molecule has 0 spiro atoms. The smallest absolute Gasteiger partial charge is 0.284 e. The molecule has 0 saturated heterocycles. The van der Waals surface area contributed by atoms with Crippen LogP contribution in [-0.4, -0.2) is 10.1 Å². The van der Waals surface area contributed by atoms with Crippen LogP contribution in [0.3, 0.4) is 0 Å². The van der Waals surface area contributed by atoms with E-state index in [9.17, 15) is 13.9 Å². The molecule has 0 aliphatic heterocycles. The van der Waals surface area contributed by atoms with E-state index in [4.69, 9.17) is 5.26 Å². The van der Waals surface area contributed by atoms with Crippen molar-refractivity contribution in [3.05, 3.63) is 23.0 Å². The molecule has 0 fully saturated rings. The molecule has 0 radical (unpaired) electrons. The van der Waals surface area contributed by atoms with E-state index >= 15 is 0 Å². The van der Waals surface area contributed by atoms with Gasteiger partial charge in [0.2, 0.25) is 0 Å². The largest absolute Gasteiger partial charge is 0.505 e. The van der Waals surface area contributed by atoms with Gasteiger partial charge in [-0.2, -0.15) is 5.26 Å². The Morgan fingerprint density at radius 2 is 2.23 bits per heavy atom. The van der Waals surface area contributed by atoms with E-state index in [0.717, 1.165) is 6.20 Å². The van der Waals surface area contributed by atoms with Crippen LogP contribution in [0.25, 0.3) is 0 Å². The fourth-order valence-corrected chi connectivity index (χ4v) is 0.908. The molecule has 0 aromatic carbocycles. The highest BCUT2D eigenvalue weighted by molar-refractivity contribution is 5.49. The average Bonchev–Trinajstić information content (AvgIpc) is 2.04. The third kappa shape index (κ3) is 1.56. The number of rotatable bonds is 1. The summed E-state index contributed by atoms with van der Waals surface area (Å²) in [4.78, 5) is 3.33. The molecule has 1 aromatic heterocycles.